The zero-order valence-corrected chi connectivity index (χ0v) is 14.2. The number of amides is 1. The lowest BCUT2D eigenvalue weighted by molar-refractivity contribution is 0.0949. The normalized spacial score (nSPS) is 10.5. The summed E-state index contributed by atoms with van der Waals surface area (Å²) in [4.78, 5) is 12.2. The fourth-order valence-corrected chi connectivity index (χ4v) is 3.02. The highest BCUT2D eigenvalue weighted by atomic mass is 32.2. The first-order chi connectivity index (χ1) is 11.8. The molecule has 2 aromatic carbocycles. The fraction of sp³-hybridized carbons (Fsp3) is 0.167. The smallest absolute Gasteiger partial charge is 0.251 e. The second kappa shape index (κ2) is 7.79. The molecule has 1 N–H and O–H groups in total. The lowest BCUT2D eigenvalue weighted by Crippen LogP contribution is -2.24. The molecule has 0 aliphatic heterocycles. The Kier molecular flexibility index (Phi) is 5.28. The summed E-state index contributed by atoms with van der Waals surface area (Å²) in [5, 5.41) is 12.2. The predicted molar refractivity (Wildman–Crippen MR) is 95.4 cm³/mol. The topological polar surface area (TPSA) is 59.8 Å². The molecule has 0 saturated carbocycles. The van der Waals surface area contributed by atoms with E-state index in [9.17, 15) is 4.79 Å². The Morgan fingerprint density at radius 2 is 1.71 bits per heavy atom. The Hall–Kier alpha value is -2.60. The Balaban J connectivity index is 1.82. The number of hydrogen-bond acceptors (Lipinski definition) is 4. The van der Waals surface area contributed by atoms with E-state index in [-0.39, 0.29) is 5.91 Å². The third kappa shape index (κ3) is 3.65. The number of carbonyl (C=O) groups is 1. The van der Waals surface area contributed by atoms with Crippen molar-refractivity contribution in [2.45, 2.75) is 18.6 Å². The maximum atomic E-state index is 12.2. The van der Waals surface area contributed by atoms with Crippen LogP contribution in [0.4, 0.5) is 0 Å². The minimum Gasteiger partial charge on any atom is -0.345 e. The number of nitrogens with zero attached hydrogens (tertiary/aromatic N) is 3. The SMILES string of the molecule is CCSc1nnc(CNC(=O)c2ccccc2)n1-c1ccccc1. The van der Waals surface area contributed by atoms with Gasteiger partial charge in [-0.05, 0) is 30.0 Å². The monoisotopic (exact) mass is 338 g/mol. The maximum absolute atomic E-state index is 12.2. The van der Waals surface area contributed by atoms with Crippen LogP contribution >= 0.6 is 11.8 Å². The van der Waals surface area contributed by atoms with Crippen LogP contribution in [0.5, 0.6) is 0 Å². The van der Waals surface area contributed by atoms with Gasteiger partial charge in [-0.3, -0.25) is 9.36 Å². The van der Waals surface area contributed by atoms with Crippen molar-refractivity contribution in [1.29, 1.82) is 0 Å². The molecule has 5 nitrogen and oxygen atoms in total. The third-order valence-corrected chi connectivity index (χ3v) is 4.24. The van der Waals surface area contributed by atoms with Crippen molar-refractivity contribution in [3.05, 3.63) is 72.1 Å². The van der Waals surface area contributed by atoms with Crippen molar-refractivity contribution in [1.82, 2.24) is 20.1 Å². The van der Waals surface area contributed by atoms with Crippen LogP contribution in [-0.2, 0) is 6.54 Å². The molecule has 6 heteroatoms. The molecule has 1 heterocycles. The van der Waals surface area contributed by atoms with Gasteiger partial charge >= 0.3 is 0 Å². The number of para-hydroxylation sites is 1. The Labute approximate surface area is 145 Å². The van der Waals surface area contributed by atoms with Gasteiger partial charge < -0.3 is 5.32 Å². The highest BCUT2D eigenvalue weighted by Crippen LogP contribution is 2.21. The highest BCUT2D eigenvalue weighted by molar-refractivity contribution is 7.99. The van der Waals surface area contributed by atoms with Crippen molar-refractivity contribution in [2.24, 2.45) is 0 Å². The van der Waals surface area contributed by atoms with Gasteiger partial charge in [0, 0.05) is 11.3 Å². The van der Waals surface area contributed by atoms with E-state index in [1.54, 1.807) is 23.9 Å². The molecule has 0 saturated heterocycles. The summed E-state index contributed by atoms with van der Waals surface area (Å²) in [5.41, 5.74) is 1.62. The maximum Gasteiger partial charge on any atom is 0.251 e. The number of aromatic nitrogens is 3. The molecule has 24 heavy (non-hydrogen) atoms. The van der Waals surface area contributed by atoms with E-state index in [0.29, 0.717) is 17.9 Å². The molecule has 1 aromatic heterocycles. The van der Waals surface area contributed by atoms with E-state index < -0.39 is 0 Å². The number of carbonyl (C=O) groups excluding carboxylic acids is 1. The van der Waals surface area contributed by atoms with Gasteiger partial charge in [0.15, 0.2) is 11.0 Å². The predicted octanol–water partition coefficient (Wildman–Crippen LogP) is 3.31. The molecular formula is C18H18N4OS. The van der Waals surface area contributed by atoms with Crippen LogP contribution in [0.2, 0.25) is 0 Å². The summed E-state index contributed by atoms with van der Waals surface area (Å²) >= 11 is 1.62. The van der Waals surface area contributed by atoms with Crippen LogP contribution in [-0.4, -0.2) is 26.4 Å². The standard InChI is InChI=1S/C18H18N4OS/c1-2-24-18-21-20-16(22(18)15-11-7-4-8-12-15)13-19-17(23)14-9-5-3-6-10-14/h3-12H,2,13H2,1H3,(H,19,23). The van der Waals surface area contributed by atoms with Gasteiger partial charge in [0.05, 0.1) is 6.54 Å². The Bertz CT molecular complexity index is 802. The first kappa shape index (κ1) is 16.3. The highest BCUT2D eigenvalue weighted by Gasteiger charge is 2.15. The van der Waals surface area contributed by atoms with Gasteiger partial charge in [-0.25, -0.2) is 0 Å². The molecule has 3 rings (SSSR count). The average molecular weight is 338 g/mol. The number of thioether (sulfide) groups is 1. The van der Waals surface area contributed by atoms with Crippen molar-refractivity contribution < 1.29 is 4.79 Å². The summed E-state index contributed by atoms with van der Waals surface area (Å²) in [7, 11) is 0. The summed E-state index contributed by atoms with van der Waals surface area (Å²) in [6.07, 6.45) is 0. The number of benzene rings is 2. The van der Waals surface area contributed by atoms with Gasteiger partial charge in [0.1, 0.15) is 0 Å². The zero-order chi connectivity index (χ0) is 16.8. The van der Waals surface area contributed by atoms with Crippen molar-refractivity contribution in [3.63, 3.8) is 0 Å². The van der Waals surface area contributed by atoms with Gasteiger partial charge in [-0.1, -0.05) is 55.1 Å². The molecule has 0 radical (unpaired) electrons. The lowest BCUT2D eigenvalue weighted by Gasteiger charge is -2.10. The summed E-state index contributed by atoms with van der Waals surface area (Å²) in [5.74, 6) is 1.49. The van der Waals surface area contributed by atoms with Crippen LogP contribution in [0.25, 0.3) is 5.69 Å². The van der Waals surface area contributed by atoms with E-state index in [2.05, 4.69) is 22.4 Å². The number of rotatable bonds is 6. The molecule has 0 fully saturated rings. The molecular weight excluding hydrogens is 320 g/mol. The fourth-order valence-electron chi connectivity index (χ4n) is 2.32. The van der Waals surface area contributed by atoms with Crippen molar-refractivity contribution >= 4 is 17.7 Å². The number of hydrogen-bond donors (Lipinski definition) is 1. The van der Waals surface area contributed by atoms with Crippen molar-refractivity contribution in [3.8, 4) is 5.69 Å². The lowest BCUT2D eigenvalue weighted by atomic mass is 10.2. The van der Waals surface area contributed by atoms with E-state index in [0.717, 1.165) is 16.6 Å². The second-order valence-electron chi connectivity index (χ2n) is 5.05. The first-order valence-corrected chi connectivity index (χ1v) is 8.74. The molecule has 0 spiro atoms. The average Bonchev–Trinajstić information content (AvgIpc) is 3.04. The van der Waals surface area contributed by atoms with E-state index >= 15 is 0 Å². The van der Waals surface area contributed by atoms with Gasteiger partial charge in [-0.15, -0.1) is 10.2 Å². The summed E-state index contributed by atoms with van der Waals surface area (Å²) in [6, 6.07) is 19.1. The first-order valence-electron chi connectivity index (χ1n) is 7.75. The second-order valence-corrected chi connectivity index (χ2v) is 6.28. The molecule has 0 aliphatic rings. The Morgan fingerprint density at radius 1 is 1.04 bits per heavy atom. The van der Waals surface area contributed by atoms with Gasteiger partial charge in [-0.2, -0.15) is 0 Å². The molecule has 0 bridgehead atoms. The van der Waals surface area contributed by atoms with E-state index in [1.165, 1.54) is 0 Å². The molecule has 3 aromatic rings. The van der Waals surface area contributed by atoms with Gasteiger partial charge in [0.25, 0.3) is 5.91 Å². The molecule has 0 atom stereocenters. The minimum absolute atomic E-state index is 0.122. The van der Waals surface area contributed by atoms with Crippen LogP contribution < -0.4 is 5.32 Å². The molecule has 1 amide bonds. The Morgan fingerprint density at radius 3 is 2.38 bits per heavy atom. The zero-order valence-electron chi connectivity index (χ0n) is 13.3. The minimum atomic E-state index is -0.122. The largest absolute Gasteiger partial charge is 0.345 e. The molecule has 0 aliphatic carbocycles. The summed E-state index contributed by atoms with van der Waals surface area (Å²) in [6.45, 7) is 2.39. The van der Waals surface area contributed by atoms with Crippen LogP contribution in [0.15, 0.2) is 65.8 Å². The van der Waals surface area contributed by atoms with Crippen molar-refractivity contribution in [2.75, 3.05) is 5.75 Å². The number of nitrogens with one attached hydrogen (secondary N) is 1. The summed E-state index contributed by atoms with van der Waals surface area (Å²) < 4.78 is 1.99. The van der Waals surface area contributed by atoms with Crippen LogP contribution in [0, 0.1) is 0 Å². The molecule has 122 valence electrons. The van der Waals surface area contributed by atoms with Crippen LogP contribution in [0.3, 0.4) is 0 Å². The van der Waals surface area contributed by atoms with Crippen LogP contribution in [0.1, 0.15) is 23.1 Å². The van der Waals surface area contributed by atoms with Gasteiger partial charge in [0.2, 0.25) is 0 Å². The quantitative estimate of drug-likeness (QED) is 0.701. The molecule has 0 unspecified atom stereocenters. The third-order valence-electron chi connectivity index (χ3n) is 3.43. The van der Waals surface area contributed by atoms with E-state index in [1.807, 2.05) is 53.1 Å². The van der Waals surface area contributed by atoms with E-state index in [4.69, 9.17) is 0 Å².